The number of methoxy groups -OCH3 is 1. The Balaban J connectivity index is 0.000000915. The van der Waals surface area contributed by atoms with Crippen molar-refractivity contribution < 1.29 is 47.7 Å². The van der Waals surface area contributed by atoms with E-state index in [0.29, 0.717) is 63.2 Å². The van der Waals surface area contributed by atoms with Crippen LogP contribution in [0.1, 0.15) is 81.8 Å². The number of alkyl carbamates (subject to hydrolysis) is 1. The molecule has 0 radical (unpaired) electrons. The van der Waals surface area contributed by atoms with E-state index in [4.69, 9.17) is 18.9 Å². The largest absolute Gasteiger partial charge is 0.449 e. The van der Waals surface area contributed by atoms with Crippen molar-refractivity contribution in [1.29, 1.82) is 0 Å². The number of aldehydes is 1. The number of ketones is 1. The number of carbonyl (C=O) groups excluding carboxylic acids is 6. The highest BCUT2D eigenvalue weighted by Crippen LogP contribution is 2.47. The lowest BCUT2D eigenvalue weighted by Crippen LogP contribution is -2.27. The van der Waals surface area contributed by atoms with Gasteiger partial charge in [-0.15, -0.1) is 0 Å². The SMILES string of the molecule is CNC(=O)OCC1c2cc(NC(=O)CCCC(C)=O)ccc2-c2ccc(NC(=O)CCCC(=O)NCCOCCCC=O)cc21.CNCCOCCCOC. The molecule has 0 heterocycles. The fourth-order valence-electron chi connectivity index (χ4n) is 5.58. The zero-order valence-corrected chi connectivity index (χ0v) is 32.7. The maximum absolute atomic E-state index is 12.7. The summed E-state index contributed by atoms with van der Waals surface area (Å²) in [5.41, 5.74) is 4.77. The Labute approximate surface area is 324 Å². The van der Waals surface area contributed by atoms with E-state index < -0.39 is 6.09 Å². The molecule has 0 saturated carbocycles. The van der Waals surface area contributed by atoms with Crippen LogP contribution in [0.2, 0.25) is 0 Å². The van der Waals surface area contributed by atoms with Crippen molar-refractivity contribution >= 4 is 47.3 Å². The highest BCUT2D eigenvalue weighted by Gasteiger charge is 2.31. The monoisotopic (exact) mass is 769 g/mol. The van der Waals surface area contributed by atoms with E-state index in [2.05, 4.69) is 26.6 Å². The number of amides is 4. The summed E-state index contributed by atoms with van der Waals surface area (Å²) >= 11 is 0. The molecule has 1 unspecified atom stereocenters. The molecular weight excluding hydrogens is 710 g/mol. The molecule has 1 aliphatic rings. The first-order valence-electron chi connectivity index (χ1n) is 18.8. The predicted molar refractivity (Wildman–Crippen MR) is 210 cm³/mol. The van der Waals surface area contributed by atoms with Crippen molar-refractivity contribution in [2.24, 2.45) is 0 Å². The third kappa shape index (κ3) is 18.9. The molecule has 3 rings (SSSR count). The molecule has 0 bridgehead atoms. The average molecular weight is 770 g/mol. The van der Waals surface area contributed by atoms with E-state index >= 15 is 0 Å². The molecule has 4 amide bonds. The number of hydrogen-bond acceptors (Lipinski definition) is 11. The topological polar surface area (TPSA) is 199 Å². The van der Waals surface area contributed by atoms with Gasteiger partial charge < -0.3 is 55.1 Å². The van der Waals surface area contributed by atoms with Crippen molar-refractivity contribution in [1.82, 2.24) is 16.0 Å². The van der Waals surface area contributed by atoms with Gasteiger partial charge in [-0.05, 0) is 86.2 Å². The Morgan fingerprint density at radius 3 is 1.80 bits per heavy atom. The summed E-state index contributed by atoms with van der Waals surface area (Å²) in [7, 11) is 5.09. The first-order chi connectivity index (χ1) is 26.6. The number of benzene rings is 2. The third-order valence-electron chi connectivity index (χ3n) is 8.35. The minimum atomic E-state index is -0.574. The van der Waals surface area contributed by atoms with Gasteiger partial charge in [-0.3, -0.25) is 14.4 Å². The van der Waals surface area contributed by atoms with Crippen LogP contribution >= 0.6 is 0 Å². The van der Waals surface area contributed by atoms with Crippen molar-refractivity contribution in [2.75, 3.05) is 84.6 Å². The van der Waals surface area contributed by atoms with E-state index in [9.17, 15) is 28.8 Å². The van der Waals surface area contributed by atoms with Crippen LogP contribution in [0, 0.1) is 0 Å². The second-order valence-electron chi connectivity index (χ2n) is 12.8. The smallest absolute Gasteiger partial charge is 0.406 e. The van der Waals surface area contributed by atoms with Gasteiger partial charge in [-0.1, -0.05) is 12.1 Å². The van der Waals surface area contributed by atoms with Crippen LogP contribution < -0.4 is 26.6 Å². The first kappa shape index (κ1) is 46.5. The molecule has 0 aromatic heterocycles. The number of ether oxygens (including phenoxy) is 4. The molecular formula is C40H59N5O10. The molecule has 2 aromatic rings. The number of nitrogens with one attached hydrogen (secondary N) is 5. The van der Waals surface area contributed by atoms with Crippen LogP contribution in [0.15, 0.2) is 36.4 Å². The van der Waals surface area contributed by atoms with Crippen LogP contribution in [0.25, 0.3) is 11.1 Å². The summed E-state index contributed by atoms with van der Waals surface area (Å²) in [4.78, 5) is 70.6. The lowest BCUT2D eigenvalue weighted by molar-refractivity contribution is -0.122. The average Bonchev–Trinajstić information content (AvgIpc) is 3.46. The summed E-state index contributed by atoms with van der Waals surface area (Å²) in [5, 5.41) is 14.0. The van der Waals surface area contributed by atoms with Crippen LogP contribution in [0.5, 0.6) is 0 Å². The van der Waals surface area contributed by atoms with E-state index in [-0.39, 0.29) is 55.3 Å². The number of carbonyl (C=O) groups is 6. The van der Waals surface area contributed by atoms with E-state index in [0.717, 1.165) is 61.3 Å². The second kappa shape index (κ2) is 27.8. The standard InChI is InChI=1S/C33H42N4O8.C7H17NO2/c1-22(39)7-5-9-31(41)36-23-11-13-25-26-14-12-24(20-28(26)29(27(25)19-23)21-45-33(43)34-2)37-32(42)10-6-8-30(40)35-15-18-44-17-4-3-16-38;1-8-4-7-10-6-3-5-9-2/h11-14,16,19-20,29H,3-10,15,17-18,21H2,1-2H3,(H,34,43)(H,35,40)(H,36,41)(H,37,42);8H,3-7H2,1-2H3. The number of Topliss-reactive ketones (excluding diaryl/α,β-unsaturated/α-hetero) is 1. The number of rotatable bonds is 26. The third-order valence-corrected chi connectivity index (χ3v) is 8.35. The molecule has 2 aromatic carbocycles. The van der Waals surface area contributed by atoms with Crippen LogP contribution in [0.3, 0.4) is 0 Å². The van der Waals surface area contributed by atoms with E-state index in [1.807, 2.05) is 37.4 Å². The Hall–Kier alpha value is -4.70. The van der Waals surface area contributed by atoms with Gasteiger partial charge in [0.1, 0.15) is 18.7 Å². The van der Waals surface area contributed by atoms with Gasteiger partial charge in [-0.25, -0.2) is 4.79 Å². The fraction of sp³-hybridized carbons (Fsp3) is 0.550. The van der Waals surface area contributed by atoms with Gasteiger partial charge in [0, 0.05) is 96.5 Å². The molecule has 1 aliphatic carbocycles. The van der Waals surface area contributed by atoms with Crippen LogP contribution in [-0.4, -0.2) is 110 Å². The fourth-order valence-corrected chi connectivity index (χ4v) is 5.58. The first-order valence-corrected chi connectivity index (χ1v) is 18.8. The van der Waals surface area contributed by atoms with Crippen LogP contribution in [-0.2, 0) is 42.9 Å². The van der Waals surface area contributed by atoms with Gasteiger partial charge in [0.15, 0.2) is 0 Å². The highest BCUT2D eigenvalue weighted by atomic mass is 16.5. The molecule has 1 atom stereocenters. The van der Waals surface area contributed by atoms with Gasteiger partial charge in [-0.2, -0.15) is 0 Å². The molecule has 0 aliphatic heterocycles. The molecule has 15 heteroatoms. The molecule has 55 heavy (non-hydrogen) atoms. The van der Waals surface area contributed by atoms with Crippen molar-refractivity contribution in [3.8, 4) is 11.1 Å². The number of fused-ring (bicyclic) bond motifs is 3. The van der Waals surface area contributed by atoms with E-state index in [1.165, 1.54) is 14.0 Å². The lowest BCUT2D eigenvalue weighted by atomic mass is 9.97. The molecule has 0 spiro atoms. The molecule has 0 saturated heterocycles. The van der Waals surface area contributed by atoms with Gasteiger partial charge >= 0.3 is 6.09 Å². The Kier molecular flexibility index (Phi) is 23.5. The van der Waals surface area contributed by atoms with Crippen LogP contribution in [0.4, 0.5) is 16.2 Å². The number of anilines is 2. The summed E-state index contributed by atoms with van der Waals surface area (Å²) in [6.45, 7) is 6.05. The normalized spacial score (nSPS) is 12.3. The Bertz CT molecular complexity index is 1510. The second-order valence-corrected chi connectivity index (χ2v) is 12.8. The van der Waals surface area contributed by atoms with Crippen molar-refractivity contribution in [3.63, 3.8) is 0 Å². The van der Waals surface area contributed by atoms with Gasteiger partial charge in [0.25, 0.3) is 0 Å². The maximum Gasteiger partial charge on any atom is 0.406 e. The maximum atomic E-state index is 12.7. The van der Waals surface area contributed by atoms with E-state index in [1.54, 1.807) is 13.2 Å². The minimum Gasteiger partial charge on any atom is -0.449 e. The molecule has 304 valence electrons. The molecule has 15 nitrogen and oxygen atoms in total. The zero-order chi connectivity index (χ0) is 40.3. The van der Waals surface area contributed by atoms with Gasteiger partial charge in [0.2, 0.25) is 17.7 Å². The summed E-state index contributed by atoms with van der Waals surface area (Å²) in [5.74, 6) is -0.887. The summed E-state index contributed by atoms with van der Waals surface area (Å²) in [6, 6.07) is 11.1. The zero-order valence-electron chi connectivity index (χ0n) is 32.7. The summed E-state index contributed by atoms with van der Waals surface area (Å²) in [6.07, 6.45) is 4.15. The van der Waals surface area contributed by atoms with Crippen molar-refractivity contribution in [3.05, 3.63) is 47.5 Å². The predicted octanol–water partition coefficient (Wildman–Crippen LogP) is 4.33. The number of hydrogen-bond donors (Lipinski definition) is 5. The quantitative estimate of drug-likeness (QED) is 0.0674. The number of unbranched alkanes of at least 4 members (excludes halogenated alkanes) is 1. The van der Waals surface area contributed by atoms with Crippen molar-refractivity contribution in [2.45, 2.75) is 70.6 Å². The number of likely N-dealkylation sites (N-methyl/N-ethyl adjacent to an activating group) is 1. The minimum absolute atomic E-state index is 0.0392. The van der Waals surface area contributed by atoms with Gasteiger partial charge in [0.05, 0.1) is 13.2 Å². The molecule has 5 N–H and O–H groups in total. The summed E-state index contributed by atoms with van der Waals surface area (Å²) < 4.78 is 20.8. The lowest BCUT2D eigenvalue weighted by Gasteiger charge is -2.16. The Morgan fingerprint density at radius 1 is 0.691 bits per heavy atom. The highest BCUT2D eigenvalue weighted by molar-refractivity contribution is 5.94. The Morgan fingerprint density at radius 2 is 1.25 bits per heavy atom. The molecule has 0 fully saturated rings.